The van der Waals surface area contributed by atoms with E-state index in [1.54, 1.807) is 18.2 Å². The molecule has 1 amide bonds. The number of nitrogens with one attached hydrogen (secondary N) is 1. The first kappa shape index (κ1) is 12.2. The van der Waals surface area contributed by atoms with E-state index in [2.05, 4.69) is 5.32 Å². The highest BCUT2D eigenvalue weighted by Gasteiger charge is 2.20. The van der Waals surface area contributed by atoms with Crippen LogP contribution in [0.1, 0.15) is 16.8 Å². The number of carbonyl (C=O) groups excluding carboxylic acids is 1. The zero-order valence-corrected chi connectivity index (χ0v) is 10.3. The summed E-state index contributed by atoms with van der Waals surface area (Å²) in [6.45, 7) is 1.27. The van der Waals surface area contributed by atoms with Gasteiger partial charge in [0.2, 0.25) is 0 Å². The molecular weight excluding hydrogens is 242 g/mol. The summed E-state index contributed by atoms with van der Waals surface area (Å²) in [6, 6.07) is 5.04. The SMILES string of the molecule is COc1cc(Cl)ccc1C(=O)N[C@@H]1CCOC1. The van der Waals surface area contributed by atoms with E-state index in [-0.39, 0.29) is 11.9 Å². The van der Waals surface area contributed by atoms with Gasteiger partial charge in [0.1, 0.15) is 5.75 Å². The van der Waals surface area contributed by atoms with Crippen molar-refractivity contribution in [1.29, 1.82) is 0 Å². The molecular formula is C12H14ClNO3. The van der Waals surface area contributed by atoms with Crippen LogP contribution in [0.15, 0.2) is 18.2 Å². The minimum Gasteiger partial charge on any atom is -0.496 e. The van der Waals surface area contributed by atoms with E-state index in [0.717, 1.165) is 6.42 Å². The molecule has 1 heterocycles. The van der Waals surface area contributed by atoms with Crippen molar-refractivity contribution in [3.8, 4) is 5.75 Å². The second kappa shape index (κ2) is 5.38. The lowest BCUT2D eigenvalue weighted by molar-refractivity contribution is 0.0927. The zero-order chi connectivity index (χ0) is 12.3. The van der Waals surface area contributed by atoms with Crippen molar-refractivity contribution in [2.75, 3.05) is 20.3 Å². The third-order valence-electron chi connectivity index (χ3n) is 2.67. The molecule has 2 rings (SSSR count). The van der Waals surface area contributed by atoms with E-state index in [1.165, 1.54) is 7.11 Å². The molecule has 0 aromatic heterocycles. The normalized spacial score (nSPS) is 19.1. The van der Waals surface area contributed by atoms with Crippen molar-refractivity contribution >= 4 is 17.5 Å². The van der Waals surface area contributed by atoms with E-state index in [0.29, 0.717) is 29.5 Å². The van der Waals surface area contributed by atoms with Gasteiger partial charge < -0.3 is 14.8 Å². The molecule has 0 spiro atoms. The van der Waals surface area contributed by atoms with E-state index < -0.39 is 0 Å². The smallest absolute Gasteiger partial charge is 0.255 e. The Hall–Kier alpha value is -1.26. The second-order valence-electron chi connectivity index (χ2n) is 3.88. The van der Waals surface area contributed by atoms with Crippen molar-refractivity contribution in [2.45, 2.75) is 12.5 Å². The van der Waals surface area contributed by atoms with Crippen molar-refractivity contribution in [1.82, 2.24) is 5.32 Å². The monoisotopic (exact) mass is 255 g/mol. The van der Waals surface area contributed by atoms with Gasteiger partial charge in [-0.15, -0.1) is 0 Å². The van der Waals surface area contributed by atoms with E-state index >= 15 is 0 Å². The molecule has 1 aliphatic heterocycles. The van der Waals surface area contributed by atoms with Gasteiger partial charge in [-0.05, 0) is 24.6 Å². The summed E-state index contributed by atoms with van der Waals surface area (Å²) in [5.74, 6) is 0.322. The number of rotatable bonds is 3. The number of halogens is 1. The Bertz CT molecular complexity index is 416. The van der Waals surface area contributed by atoms with Gasteiger partial charge in [-0.2, -0.15) is 0 Å². The Morgan fingerprint density at radius 2 is 2.41 bits per heavy atom. The van der Waals surface area contributed by atoms with Gasteiger partial charge in [0.25, 0.3) is 5.91 Å². The molecule has 0 bridgehead atoms. The topological polar surface area (TPSA) is 47.6 Å². The average molecular weight is 256 g/mol. The highest BCUT2D eigenvalue weighted by atomic mass is 35.5. The molecule has 1 aliphatic rings. The van der Waals surface area contributed by atoms with Crippen LogP contribution in [0.2, 0.25) is 5.02 Å². The number of methoxy groups -OCH3 is 1. The molecule has 0 unspecified atom stereocenters. The van der Waals surface area contributed by atoms with Crippen molar-refractivity contribution in [3.05, 3.63) is 28.8 Å². The van der Waals surface area contributed by atoms with Gasteiger partial charge in [-0.25, -0.2) is 0 Å². The summed E-state index contributed by atoms with van der Waals surface area (Å²) in [5.41, 5.74) is 0.490. The average Bonchev–Trinajstić information content (AvgIpc) is 2.81. The zero-order valence-electron chi connectivity index (χ0n) is 9.53. The molecule has 17 heavy (non-hydrogen) atoms. The minimum atomic E-state index is -0.158. The fourth-order valence-electron chi connectivity index (χ4n) is 1.76. The molecule has 1 atom stereocenters. The number of hydrogen-bond acceptors (Lipinski definition) is 3. The molecule has 0 saturated carbocycles. The molecule has 1 fully saturated rings. The molecule has 1 N–H and O–H groups in total. The predicted octanol–water partition coefficient (Wildman–Crippen LogP) is 1.87. The Morgan fingerprint density at radius 3 is 3.06 bits per heavy atom. The summed E-state index contributed by atoms with van der Waals surface area (Å²) >= 11 is 5.84. The molecule has 92 valence electrons. The van der Waals surface area contributed by atoms with Gasteiger partial charge in [0, 0.05) is 11.6 Å². The van der Waals surface area contributed by atoms with Crippen LogP contribution in [-0.2, 0) is 4.74 Å². The maximum absolute atomic E-state index is 12.0. The predicted molar refractivity (Wildman–Crippen MR) is 64.7 cm³/mol. The van der Waals surface area contributed by atoms with Crippen molar-refractivity contribution in [2.24, 2.45) is 0 Å². The lowest BCUT2D eigenvalue weighted by atomic mass is 10.1. The summed E-state index contributed by atoms with van der Waals surface area (Å²) in [4.78, 5) is 12.0. The van der Waals surface area contributed by atoms with Gasteiger partial charge >= 0.3 is 0 Å². The molecule has 0 aliphatic carbocycles. The number of benzene rings is 1. The summed E-state index contributed by atoms with van der Waals surface area (Å²) in [7, 11) is 1.52. The minimum absolute atomic E-state index is 0.0860. The van der Waals surface area contributed by atoms with Crippen LogP contribution >= 0.6 is 11.6 Å². The highest BCUT2D eigenvalue weighted by Crippen LogP contribution is 2.23. The Kier molecular flexibility index (Phi) is 3.86. The number of carbonyl (C=O) groups is 1. The van der Waals surface area contributed by atoms with Crippen molar-refractivity contribution < 1.29 is 14.3 Å². The molecule has 1 aromatic rings. The summed E-state index contributed by atoms with van der Waals surface area (Å²) < 4.78 is 10.3. The van der Waals surface area contributed by atoms with Gasteiger partial charge in [-0.3, -0.25) is 4.79 Å². The lowest BCUT2D eigenvalue weighted by Gasteiger charge is -2.13. The summed E-state index contributed by atoms with van der Waals surface area (Å²) in [5, 5.41) is 3.45. The third kappa shape index (κ3) is 2.90. The molecule has 5 heteroatoms. The van der Waals surface area contributed by atoms with E-state index in [9.17, 15) is 4.79 Å². The highest BCUT2D eigenvalue weighted by molar-refractivity contribution is 6.30. The standard InChI is InChI=1S/C12H14ClNO3/c1-16-11-6-8(13)2-3-10(11)12(15)14-9-4-5-17-7-9/h2-3,6,9H,4-5,7H2,1H3,(H,14,15)/t9-/m1/s1. The maximum Gasteiger partial charge on any atom is 0.255 e. The Labute approximate surface area is 105 Å². The quantitative estimate of drug-likeness (QED) is 0.897. The third-order valence-corrected chi connectivity index (χ3v) is 2.91. The maximum atomic E-state index is 12.0. The Morgan fingerprint density at radius 1 is 1.59 bits per heavy atom. The van der Waals surface area contributed by atoms with Crippen LogP contribution in [0.5, 0.6) is 5.75 Å². The van der Waals surface area contributed by atoms with Crippen molar-refractivity contribution in [3.63, 3.8) is 0 Å². The van der Waals surface area contributed by atoms with Crippen LogP contribution < -0.4 is 10.1 Å². The van der Waals surface area contributed by atoms with E-state index in [4.69, 9.17) is 21.1 Å². The summed E-state index contributed by atoms with van der Waals surface area (Å²) in [6.07, 6.45) is 0.849. The first-order valence-electron chi connectivity index (χ1n) is 5.43. The Balaban J connectivity index is 2.12. The van der Waals surface area contributed by atoms with Crippen LogP contribution in [0.4, 0.5) is 0 Å². The first-order valence-corrected chi connectivity index (χ1v) is 5.80. The van der Waals surface area contributed by atoms with Crippen LogP contribution in [0.3, 0.4) is 0 Å². The number of amides is 1. The van der Waals surface area contributed by atoms with Crippen LogP contribution in [0.25, 0.3) is 0 Å². The number of hydrogen-bond donors (Lipinski definition) is 1. The molecule has 1 saturated heterocycles. The van der Waals surface area contributed by atoms with Crippen LogP contribution in [-0.4, -0.2) is 32.3 Å². The van der Waals surface area contributed by atoms with Gasteiger partial charge in [0.05, 0.1) is 25.3 Å². The van der Waals surface area contributed by atoms with Gasteiger partial charge in [0.15, 0.2) is 0 Å². The van der Waals surface area contributed by atoms with Crippen LogP contribution in [0, 0.1) is 0 Å². The number of ether oxygens (including phenoxy) is 2. The second-order valence-corrected chi connectivity index (χ2v) is 4.32. The fourth-order valence-corrected chi connectivity index (χ4v) is 1.93. The van der Waals surface area contributed by atoms with Gasteiger partial charge in [-0.1, -0.05) is 11.6 Å². The molecule has 0 radical (unpaired) electrons. The van der Waals surface area contributed by atoms with E-state index in [1.807, 2.05) is 0 Å². The lowest BCUT2D eigenvalue weighted by Crippen LogP contribution is -2.35. The largest absolute Gasteiger partial charge is 0.496 e. The molecule has 4 nitrogen and oxygen atoms in total. The molecule has 1 aromatic carbocycles. The first-order chi connectivity index (χ1) is 8.20. The fraction of sp³-hybridized carbons (Fsp3) is 0.417.